The molecule has 0 spiro atoms. The van der Waals surface area contributed by atoms with Crippen molar-refractivity contribution in [3.05, 3.63) is 64.9 Å². The van der Waals surface area contributed by atoms with E-state index in [1.54, 1.807) is 39.2 Å². The lowest BCUT2D eigenvalue weighted by molar-refractivity contribution is 0.102. The number of anilines is 2. The molecule has 2 heterocycles. The number of carbonyl (C=O) groups is 2. The van der Waals surface area contributed by atoms with Gasteiger partial charge in [-0.25, -0.2) is 22.0 Å². The summed E-state index contributed by atoms with van der Waals surface area (Å²) >= 11 is 0. The fourth-order valence-corrected chi connectivity index (χ4v) is 6.15. The van der Waals surface area contributed by atoms with Gasteiger partial charge in [-0.2, -0.15) is 8.99 Å². The topological polar surface area (TPSA) is 144 Å². The van der Waals surface area contributed by atoms with Crippen molar-refractivity contribution in [1.82, 2.24) is 19.0 Å². The third-order valence-electron chi connectivity index (χ3n) is 6.90. The zero-order valence-electron chi connectivity index (χ0n) is 26.3. The Hall–Kier alpha value is -4.12. The van der Waals surface area contributed by atoms with Crippen LogP contribution in [0.4, 0.5) is 25.1 Å². The lowest BCUT2D eigenvalue weighted by atomic mass is 10.1. The van der Waals surface area contributed by atoms with Gasteiger partial charge in [0, 0.05) is 57.4 Å². The maximum Gasteiger partial charge on any atom is 0.435 e. The molecule has 1 aliphatic rings. The molecule has 1 aromatic heterocycles. The highest BCUT2D eigenvalue weighted by Crippen LogP contribution is 2.32. The lowest BCUT2D eigenvalue weighted by Gasteiger charge is -2.27. The quantitative estimate of drug-likeness (QED) is 0.260. The van der Waals surface area contributed by atoms with Crippen LogP contribution in [-0.2, 0) is 32.5 Å². The molecule has 0 saturated carbocycles. The molecule has 4 rings (SSSR count). The fourth-order valence-electron chi connectivity index (χ4n) is 4.69. The highest BCUT2D eigenvalue weighted by Gasteiger charge is 2.35. The third-order valence-corrected chi connectivity index (χ3v) is 8.73. The van der Waals surface area contributed by atoms with Crippen LogP contribution < -0.4 is 15.4 Å². The molecule has 0 bridgehead atoms. The smallest absolute Gasteiger partial charge is 0.435 e. The van der Waals surface area contributed by atoms with Crippen molar-refractivity contribution in [2.75, 3.05) is 64.7 Å². The molecular weight excluding hydrogens is 626 g/mol. The Balaban J connectivity index is 1.68. The van der Waals surface area contributed by atoms with E-state index in [-0.39, 0.29) is 36.5 Å². The molecule has 16 heteroatoms. The Kier molecular flexibility index (Phi) is 11.3. The highest BCUT2D eigenvalue weighted by molar-refractivity contribution is 7.89. The van der Waals surface area contributed by atoms with Crippen LogP contribution in [0.2, 0.25) is 0 Å². The van der Waals surface area contributed by atoms with E-state index in [2.05, 4.69) is 15.7 Å². The number of amides is 1. The largest absolute Gasteiger partial charge is 0.492 e. The van der Waals surface area contributed by atoms with E-state index in [0.717, 1.165) is 21.1 Å². The molecule has 0 unspecified atom stereocenters. The van der Waals surface area contributed by atoms with Gasteiger partial charge in [-0.3, -0.25) is 4.79 Å². The van der Waals surface area contributed by atoms with Gasteiger partial charge in [-0.05, 0) is 52.2 Å². The summed E-state index contributed by atoms with van der Waals surface area (Å²) in [7, 11) is 1.03. The van der Waals surface area contributed by atoms with Gasteiger partial charge in [-0.15, -0.1) is 5.10 Å². The maximum absolute atomic E-state index is 13.9. The Labute approximate surface area is 266 Å². The molecule has 0 saturated heterocycles. The number of aromatic nitrogens is 2. The number of sulfonamides is 1. The van der Waals surface area contributed by atoms with Crippen molar-refractivity contribution in [3.8, 4) is 5.75 Å². The normalized spacial score (nSPS) is 13.5. The summed E-state index contributed by atoms with van der Waals surface area (Å²) in [5.74, 6) is -2.22. The van der Waals surface area contributed by atoms with Crippen LogP contribution in [0.5, 0.6) is 5.75 Å². The minimum absolute atomic E-state index is 0.00519. The summed E-state index contributed by atoms with van der Waals surface area (Å²) in [6.07, 6.45) is -1.28. The van der Waals surface area contributed by atoms with Gasteiger partial charge in [0.25, 0.3) is 5.91 Å². The van der Waals surface area contributed by atoms with Crippen molar-refractivity contribution in [1.29, 1.82) is 0 Å². The molecule has 250 valence electrons. The molecule has 13 nitrogen and oxygen atoms in total. The first-order chi connectivity index (χ1) is 21.8. The molecular formula is C30H38F2N6O7S. The summed E-state index contributed by atoms with van der Waals surface area (Å²) in [6, 6.07) is 6.93. The number of carbonyl (C=O) groups excluding carboxylic acids is 2. The fraction of sp³-hybridized carbons (Fsp3) is 0.433. The van der Waals surface area contributed by atoms with Crippen LogP contribution in [0.3, 0.4) is 0 Å². The molecule has 2 aromatic carbocycles. The monoisotopic (exact) mass is 664 g/mol. The van der Waals surface area contributed by atoms with E-state index in [0.29, 0.717) is 49.5 Å². The number of ether oxygens (including phenoxy) is 3. The van der Waals surface area contributed by atoms with Gasteiger partial charge in [0.15, 0.2) is 5.82 Å². The molecule has 0 fully saturated rings. The van der Waals surface area contributed by atoms with Crippen LogP contribution in [0.25, 0.3) is 0 Å². The minimum atomic E-state index is -4.37. The summed E-state index contributed by atoms with van der Waals surface area (Å²) in [5, 5.41) is 10.2. The summed E-state index contributed by atoms with van der Waals surface area (Å²) in [5.41, 5.74) is 1.24. The molecule has 3 aromatic rings. The van der Waals surface area contributed by atoms with Crippen molar-refractivity contribution in [2.24, 2.45) is 0 Å². The van der Waals surface area contributed by atoms with E-state index in [4.69, 9.17) is 14.2 Å². The number of hydrogen-bond acceptors (Lipinski definition) is 10. The van der Waals surface area contributed by atoms with Crippen LogP contribution in [-0.4, -0.2) is 99.6 Å². The van der Waals surface area contributed by atoms with E-state index >= 15 is 0 Å². The van der Waals surface area contributed by atoms with Crippen molar-refractivity contribution >= 4 is 33.5 Å². The number of nitrogens with one attached hydrogen (secondary N) is 2. The number of methoxy groups -OCH3 is 1. The van der Waals surface area contributed by atoms with Gasteiger partial charge in [0.1, 0.15) is 24.0 Å². The molecule has 0 aliphatic carbocycles. The molecule has 1 aliphatic heterocycles. The standard InChI is InChI=1S/C30H38F2N6O7S/c1-19(2)45-30(40)38-27-8-10-37(46(41,42)23-15-20(31)14-21(32)16-23)18-25(27)28(35-38)34-29(39)24-7-6-22(44-13-11-36(3)4)17-26(24)33-9-12-43-5/h6-7,14-17,19,33H,8-13,18H2,1-5H3,(H,34,35,39). The first kappa shape index (κ1) is 34.7. The maximum atomic E-state index is 13.9. The van der Waals surface area contributed by atoms with Crippen molar-refractivity contribution in [3.63, 3.8) is 0 Å². The molecule has 0 radical (unpaired) electrons. The van der Waals surface area contributed by atoms with Gasteiger partial charge < -0.3 is 29.7 Å². The SMILES string of the molecule is COCCNc1cc(OCCN(C)C)ccc1C(=O)Nc1nn(C(=O)OC(C)C)c2c1CN(S(=O)(=O)c1cc(F)cc(F)c1)CC2. The second-order valence-corrected chi connectivity index (χ2v) is 13.0. The summed E-state index contributed by atoms with van der Waals surface area (Å²) < 4.78 is 72.9. The number of halogens is 2. The zero-order chi connectivity index (χ0) is 33.6. The Morgan fingerprint density at radius 2 is 1.80 bits per heavy atom. The van der Waals surface area contributed by atoms with E-state index < -0.39 is 44.7 Å². The second-order valence-electron chi connectivity index (χ2n) is 11.0. The Morgan fingerprint density at radius 1 is 1.09 bits per heavy atom. The zero-order valence-corrected chi connectivity index (χ0v) is 27.1. The van der Waals surface area contributed by atoms with E-state index in [1.165, 1.54) is 0 Å². The van der Waals surface area contributed by atoms with Crippen LogP contribution in [0, 0.1) is 11.6 Å². The van der Waals surface area contributed by atoms with Crippen LogP contribution in [0.1, 0.15) is 35.5 Å². The molecule has 1 amide bonds. The van der Waals surface area contributed by atoms with E-state index in [9.17, 15) is 26.8 Å². The third kappa shape index (κ3) is 8.37. The Bertz CT molecular complexity index is 1660. The Morgan fingerprint density at radius 3 is 2.46 bits per heavy atom. The van der Waals surface area contributed by atoms with Gasteiger partial charge in [0.05, 0.1) is 34.6 Å². The van der Waals surface area contributed by atoms with Crippen LogP contribution >= 0.6 is 0 Å². The van der Waals surface area contributed by atoms with Crippen LogP contribution in [0.15, 0.2) is 41.3 Å². The number of hydrogen-bond donors (Lipinski definition) is 2. The molecule has 0 atom stereocenters. The summed E-state index contributed by atoms with van der Waals surface area (Å²) in [4.78, 5) is 28.0. The van der Waals surface area contributed by atoms with Gasteiger partial charge in [0.2, 0.25) is 10.0 Å². The first-order valence-corrected chi connectivity index (χ1v) is 16.0. The minimum Gasteiger partial charge on any atom is -0.492 e. The number of likely N-dealkylation sites (N-methyl/N-ethyl adjacent to an activating group) is 1. The average Bonchev–Trinajstić information content (AvgIpc) is 3.34. The van der Waals surface area contributed by atoms with Gasteiger partial charge >= 0.3 is 6.09 Å². The second kappa shape index (κ2) is 15.0. The lowest BCUT2D eigenvalue weighted by Crippen LogP contribution is -2.37. The highest BCUT2D eigenvalue weighted by atomic mass is 32.2. The number of fused-ring (bicyclic) bond motifs is 1. The number of nitrogens with zero attached hydrogens (tertiary/aromatic N) is 4. The number of benzene rings is 2. The first-order valence-electron chi connectivity index (χ1n) is 14.5. The van der Waals surface area contributed by atoms with Crippen molar-refractivity contribution in [2.45, 2.75) is 37.8 Å². The summed E-state index contributed by atoms with van der Waals surface area (Å²) in [6.45, 7) is 4.72. The average molecular weight is 665 g/mol. The number of rotatable bonds is 13. The van der Waals surface area contributed by atoms with E-state index in [1.807, 2.05) is 19.0 Å². The van der Waals surface area contributed by atoms with Gasteiger partial charge in [-0.1, -0.05) is 0 Å². The molecule has 46 heavy (non-hydrogen) atoms. The van der Waals surface area contributed by atoms with Crippen molar-refractivity contribution < 1.29 is 41.0 Å². The molecule has 2 N–H and O–H groups in total. The predicted octanol–water partition coefficient (Wildman–Crippen LogP) is 3.55. The predicted molar refractivity (Wildman–Crippen MR) is 166 cm³/mol.